The molecule has 2 aromatic rings. The standard InChI is InChI=1S/C14H15NO2S/c1-10-7-13(17-2)8-11(15-10)9-18-14-5-3-12(16)4-6-14/h3-8,16H,9H2,1-2H3. The van der Waals surface area contributed by atoms with Gasteiger partial charge in [-0.2, -0.15) is 0 Å². The highest BCUT2D eigenvalue weighted by molar-refractivity contribution is 7.98. The van der Waals surface area contributed by atoms with Crippen molar-refractivity contribution >= 4 is 11.8 Å². The van der Waals surface area contributed by atoms with Gasteiger partial charge in [0.25, 0.3) is 0 Å². The Morgan fingerprint density at radius 3 is 2.61 bits per heavy atom. The highest BCUT2D eigenvalue weighted by Gasteiger charge is 2.02. The molecular formula is C14H15NO2S. The van der Waals surface area contributed by atoms with Gasteiger partial charge in [0.2, 0.25) is 0 Å². The van der Waals surface area contributed by atoms with Gasteiger partial charge in [-0.25, -0.2) is 0 Å². The molecule has 0 aliphatic heterocycles. The van der Waals surface area contributed by atoms with Gasteiger partial charge in [0, 0.05) is 28.5 Å². The Kier molecular flexibility index (Phi) is 4.10. The van der Waals surface area contributed by atoms with Crippen molar-refractivity contribution in [3.05, 3.63) is 47.8 Å². The Labute approximate surface area is 111 Å². The molecule has 0 unspecified atom stereocenters. The van der Waals surface area contributed by atoms with E-state index in [-0.39, 0.29) is 5.75 Å². The van der Waals surface area contributed by atoms with Crippen molar-refractivity contribution in [2.45, 2.75) is 17.6 Å². The van der Waals surface area contributed by atoms with Crippen LogP contribution in [0.15, 0.2) is 41.3 Å². The number of hydrogen-bond donors (Lipinski definition) is 1. The minimum Gasteiger partial charge on any atom is -0.508 e. The topological polar surface area (TPSA) is 42.4 Å². The lowest BCUT2D eigenvalue weighted by molar-refractivity contribution is 0.413. The summed E-state index contributed by atoms with van der Waals surface area (Å²) in [5.41, 5.74) is 1.94. The monoisotopic (exact) mass is 261 g/mol. The number of nitrogens with zero attached hydrogens (tertiary/aromatic N) is 1. The van der Waals surface area contributed by atoms with E-state index in [1.54, 1.807) is 31.0 Å². The Morgan fingerprint density at radius 1 is 1.22 bits per heavy atom. The molecule has 0 radical (unpaired) electrons. The number of benzene rings is 1. The number of phenolic OH excluding ortho intramolecular Hbond substituents is 1. The first kappa shape index (κ1) is 12.8. The zero-order valence-corrected chi connectivity index (χ0v) is 11.2. The summed E-state index contributed by atoms with van der Waals surface area (Å²) in [7, 11) is 1.66. The largest absolute Gasteiger partial charge is 0.508 e. The summed E-state index contributed by atoms with van der Waals surface area (Å²) >= 11 is 1.68. The fraction of sp³-hybridized carbons (Fsp3) is 0.214. The Morgan fingerprint density at radius 2 is 1.94 bits per heavy atom. The first-order valence-corrected chi connectivity index (χ1v) is 6.59. The highest BCUT2D eigenvalue weighted by Crippen LogP contribution is 2.25. The van der Waals surface area contributed by atoms with E-state index in [1.165, 1.54) is 0 Å². The minimum atomic E-state index is 0.287. The molecule has 0 spiro atoms. The van der Waals surface area contributed by atoms with Crippen LogP contribution in [0, 0.1) is 6.92 Å². The fourth-order valence-electron chi connectivity index (χ4n) is 1.59. The molecule has 94 valence electrons. The minimum absolute atomic E-state index is 0.287. The van der Waals surface area contributed by atoms with Crippen molar-refractivity contribution in [3.8, 4) is 11.5 Å². The predicted octanol–water partition coefficient (Wildman–Crippen LogP) is 3.40. The van der Waals surface area contributed by atoms with Crippen LogP contribution in [0.3, 0.4) is 0 Å². The molecule has 1 aromatic heterocycles. The molecule has 0 amide bonds. The number of hydrogen-bond acceptors (Lipinski definition) is 4. The maximum Gasteiger partial charge on any atom is 0.122 e. The van der Waals surface area contributed by atoms with Crippen molar-refractivity contribution in [3.63, 3.8) is 0 Å². The number of ether oxygens (including phenoxy) is 1. The van der Waals surface area contributed by atoms with Crippen molar-refractivity contribution in [1.82, 2.24) is 4.98 Å². The lowest BCUT2D eigenvalue weighted by Gasteiger charge is -2.06. The molecule has 1 aromatic carbocycles. The Hall–Kier alpha value is -1.68. The third kappa shape index (κ3) is 3.40. The van der Waals surface area contributed by atoms with E-state index in [1.807, 2.05) is 31.2 Å². The summed E-state index contributed by atoms with van der Waals surface area (Å²) in [4.78, 5) is 5.57. The third-order valence-electron chi connectivity index (χ3n) is 2.44. The Bertz CT molecular complexity index is 526. The van der Waals surface area contributed by atoms with Crippen LogP contribution >= 0.6 is 11.8 Å². The number of aryl methyl sites for hydroxylation is 1. The first-order chi connectivity index (χ1) is 8.67. The summed E-state index contributed by atoms with van der Waals surface area (Å²) < 4.78 is 5.22. The second-order valence-electron chi connectivity index (χ2n) is 3.92. The van der Waals surface area contributed by atoms with Crippen molar-refractivity contribution in [1.29, 1.82) is 0 Å². The van der Waals surface area contributed by atoms with E-state index < -0.39 is 0 Å². The van der Waals surface area contributed by atoms with Gasteiger partial charge < -0.3 is 9.84 Å². The van der Waals surface area contributed by atoms with Gasteiger partial charge in [-0.3, -0.25) is 4.98 Å². The van der Waals surface area contributed by atoms with Gasteiger partial charge in [0.15, 0.2) is 0 Å². The average Bonchev–Trinajstić information content (AvgIpc) is 2.37. The van der Waals surface area contributed by atoms with E-state index in [2.05, 4.69) is 4.98 Å². The maximum absolute atomic E-state index is 9.21. The molecule has 0 atom stereocenters. The van der Waals surface area contributed by atoms with E-state index in [4.69, 9.17) is 4.74 Å². The first-order valence-electron chi connectivity index (χ1n) is 5.61. The molecule has 0 aliphatic rings. The zero-order chi connectivity index (χ0) is 13.0. The summed E-state index contributed by atoms with van der Waals surface area (Å²) in [5.74, 6) is 1.90. The molecule has 1 N–H and O–H groups in total. The summed E-state index contributed by atoms with van der Waals surface area (Å²) in [6, 6.07) is 11.0. The van der Waals surface area contributed by atoms with Crippen LogP contribution in [-0.2, 0) is 5.75 Å². The van der Waals surface area contributed by atoms with Crippen molar-refractivity contribution < 1.29 is 9.84 Å². The molecular weight excluding hydrogens is 246 g/mol. The molecule has 0 fully saturated rings. The van der Waals surface area contributed by atoms with Gasteiger partial charge in [-0.15, -0.1) is 11.8 Å². The number of thioether (sulfide) groups is 1. The van der Waals surface area contributed by atoms with Gasteiger partial charge >= 0.3 is 0 Å². The molecule has 0 bridgehead atoms. The SMILES string of the molecule is COc1cc(C)nc(CSc2ccc(O)cc2)c1. The highest BCUT2D eigenvalue weighted by atomic mass is 32.2. The molecule has 18 heavy (non-hydrogen) atoms. The third-order valence-corrected chi connectivity index (χ3v) is 3.48. The number of aromatic nitrogens is 1. The van der Waals surface area contributed by atoms with Crippen molar-refractivity contribution in [2.24, 2.45) is 0 Å². The number of phenols is 1. The van der Waals surface area contributed by atoms with Crippen LogP contribution < -0.4 is 4.74 Å². The molecule has 0 aliphatic carbocycles. The van der Waals surface area contributed by atoms with Crippen LogP contribution in [0.4, 0.5) is 0 Å². The van der Waals surface area contributed by atoms with Gasteiger partial charge in [-0.05, 0) is 31.2 Å². The quantitative estimate of drug-likeness (QED) is 0.857. The summed E-state index contributed by atoms with van der Waals surface area (Å²) in [6.45, 7) is 1.96. The molecule has 4 heteroatoms. The lowest BCUT2D eigenvalue weighted by Crippen LogP contribution is -1.93. The average molecular weight is 261 g/mol. The predicted molar refractivity (Wildman–Crippen MR) is 73.2 cm³/mol. The number of methoxy groups -OCH3 is 1. The molecule has 0 saturated heterocycles. The normalized spacial score (nSPS) is 10.3. The number of rotatable bonds is 4. The van der Waals surface area contributed by atoms with Gasteiger partial charge in [0.1, 0.15) is 11.5 Å². The van der Waals surface area contributed by atoms with E-state index in [9.17, 15) is 5.11 Å². The van der Waals surface area contributed by atoms with Gasteiger partial charge in [-0.1, -0.05) is 0 Å². The number of pyridine rings is 1. The summed E-state index contributed by atoms with van der Waals surface area (Å²) in [6.07, 6.45) is 0. The van der Waals surface area contributed by atoms with E-state index >= 15 is 0 Å². The Balaban J connectivity index is 2.05. The van der Waals surface area contributed by atoms with Crippen LogP contribution in [0.1, 0.15) is 11.4 Å². The van der Waals surface area contributed by atoms with Crippen LogP contribution in [-0.4, -0.2) is 17.2 Å². The van der Waals surface area contributed by atoms with Gasteiger partial charge in [0.05, 0.1) is 12.8 Å². The van der Waals surface area contributed by atoms with E-state index in [0.29, 0.717) is 0 Å². The van der Waals surface area contributed by atoms with Crippen molar-refractivity contribution in [2.75, 3.05) is 7.11 Å². The molecule has 1 heterocycles. The molecule has 2 rings (SSSR count). The second kappa shape index (κ2) is 5.78. The second-order valence-corrected chi connectivity index (χ2v) is 4.97. The smallest absolute Gasteiger partial charge is 0.122 e. The van der Waals surface area contributed by atoms with E-state index in [0.717, 1.165) is 27.8 Å². The lowest BCUT2D eigenvalue weighted by atomic mass is 10.3. The maximum atomic E-state index is 9.21. The summed E-state index contributed by atoms with van der Waals surface area (Å²) in [5, 5.41) is 9.21. The number of aromatic hydroxyl groups is 1. The van der Waals surface area contributed by atoms with Crippen LogP contribution in [0.25, 0.3) is 0 Å². The van der Waals surface area contributed by atoms with Crippen LogP contribution in [0.2, 0.25) is 0 Å². The molecule has 0 saturated carbocycles. The fourth-order valence-corrected chi connectivity index (χ4v) is 2.39. The zero-order valence-electron chi connectivity index (χ0n) is 10.4. The molecule has 3 nitrogen and oxygen atoms in total. The van der Waals surface area contributed by atoms with Crippen LogP contribution in [0.5, 0.6) is 11.5 Å².